The average molecular weight is 395 g/mol. The van der Waals surface area contributed by atoms with Gasteiger partial charge in [0.2, 0.25) is 11.9 Å². The fraction of sp³-hybridized carbons (Fsp3) is 0.722. The predicted molar refractivity (Wildman–Crippen MR) is 106 cm³/mol. The minimum Gasteiger partial charge on any atom is -0.399 e. The number of likely N-dealkylation sites (N-methyl/N-ethyl adjacent to an activating group) is 1. The highest BCUT2D eigenvalue weighted by atomic mass is 35.5. The molecule has 0 aromatic carbocycles. The predicted octanol–water partition coefficient (Wildman–Crippen LogP) is 1.44. The molecule has 0 bridgehead atoms. The Morgan fingerprint density at radius 3 is 2.44 bits per heavy atom. The summed E-state index contributed by atoms with van der Waals surface area (Å²) in [6, 6.07) is 0.146. The normalized spacial score (nSPS) is 23.7. The Hall–Kier alpha value is -1.38. The lowest BCUT2D eigenvalue weighted by atomic mass is 9.81. The minimum absolute atomic E-state index is 0.00964. The van der Waals surface area contributed by atoms with Gasteiger partial charge in [-0.15, -0.1) is 11.6 Å². The van der Waals surface area contributed by atoms with Crippen LogP contribution in [0.4, 0.5) is 5.95 Å². The second kappa shape index (κ2) is 7.56. The lowest BCUT2D eigenvalue weighted by Gasteiger charge is -2.32. The van der Waals surface area contributed by atoms with Crippen molar-refractivity contribution >= 4 is 36.0 Å². The van der Waals surface area contributed by atoms with Crippen molar-refractivity contribution in [1.82, 2.24) is 14.9 Å². The third-order valence-electron chi connectivity index (χ3n) is 5.82. The lowest BCUT2D eigenvalue weighted by Crippen LogP contribution is -2.43. The second-order valence-corrected chi connectivity index (χ2v) is 8.57. The number of aromatic nitrogens is 2. The van der Waals surface area contributed by atoms with Crippen molar-refractivity contribution in [1.29, 1.82) is 0 Å². The molecule has 0 spiro atoms. The van der Waals surface area contributed by atoms with Crippen LogP contribution in [0.1, 0.15) is 40.5 Å². The van der Waals surface area contributed by atoms with Crippen LogP contribution in [0.15, 0.2) is 12.4 Å². The van der Waals surface area contributed by atoms with Crippen LogP contribution in [0, 0.1) is 0 Å². The molecule has 2 aliphatic rings. The molecule has 0 saturated carbocycles. The number of anilines is 1. The van der Waals surface area contributed by atoms with Crippen LogP contribution in [0.2, 0.25) is 0 Å². The molecule has 0 unspecified atom stereocenters. The summed E-state index contributed by atoms with van der Waals surface area (Å²) in [5.41, 5.74) is 0.00722. The molecule has 1 aromatic heterocycles. The van der Waals surface area contributed by atoms with Crippen molar-refractivity contribution in [2.45, 2.75) is 57.8 Å². The molecule has 9 heteroatoms. The van der Waals surface area contributed by atoms with E-state index in [2.05, 4.69) is 9.97 Å². The summed E-state index contributed by atoms with van der Waals surface area (Å²) in [5.74, 6) is 0.629. The van der Waals surface area contributed by atoms with Gasteiger partial charge in [-0.05, 0) is 40.5 Å². The van der Waals surface area contributed by atoms with Crippen LogP contribution < -0.4 is 10.4 Å². The molecule has 7 nitrogen and oxygen atoms in total. The molecule has 27 heavy (non-hydrogen) atoms. The van der Waals surface area contributed by atoms with E-state index in [1.807, 2.05) is 44.5 Å². The third-order valence-corrected chi connectivity index (χ3v) is 6.05. The van der Waals surface area contributed by atoms with Crippen molar-refractivity contribution in [2.24, 2.45) is 0 Å². The number of rotatable bonds is 5. The Balaban J connectivity index is 1.64. The molecule has 2 fully saturated rings. The number of hydrogen-bond donors (Lipinski definition) is 0. The fourth-order valence-electron chi connectivity index (χ4n) is 3.46. The van der Waals surface area contributed by atoms with Gasteiger partial charge in [-0.3, -0.25) is 4.79 Å². The largest absolute Gasteiger partial charge is 0.498 e. The first-order valence-corrected chi connectivity index (χ1v) is 9.92. The zero-order valence-electron chi connectivity index (χ0n) is 16.7. The van der Waals surface area contributed by atoms with Gasteiger partial charge in [-0.2, -0.15) is 0 Å². The van der Waals surface area contributed by atoms with E-state index in [1.54, 1.807) is 12.4 Å². The Morgan fingerprint density at radius 2 is 1.89 bits per heavy atom. The van der Waals surface area contributed by atoms with E-state index < -0.39 is 18.3 Å². The number of alkyl halides is 1. The molecule has 0 aliphatic carbocycles. The van der Waals surface area contributed by atoms with Crippen LogP contribution in [-0.4, -0.2) is 71.2 Å². The molecule has 3 heterocycles. The molecule has 3 rings (SSSR count). The Bertz CT molecular complexity index is 670. The van der Waals surface area contributed by atoms with Crippen LogP contribution in [0.5, 0.6) is 0 Å². The van der Waals surface area contributed by atoms with Gasteiger partial charge in [0.1, 0.15) is 5.88 Å². The zero-order valence-corrected chi connectivity index (χ0v) is 17.5. The number of halogens is 1. The monoisotopic (exact) mass is 394 g/mol. The van der Waals surface area contributed by atoms with E-state index in [9.17, 15) is 4.79 Å². The summed E-state index contributed by atoms with van der Waals surface area (Å²) in [5, 5.41) is 0. The molecule has 1 atom stereocenters. The van der Waals surface area contributed by atoms with E-state index in [4.69, 9.17) is 20.9 Å². The van der Waals surface area contributed by atoms with Crippen LogP contribution in [0.3, 0.4) is 0 Å². The molecule has 0 N–H and O–H groups in total. The summed E-state index contributed by atoms with van der Waals surface area (Å²) in [7, 11) is 1.46. The van der Waals surface area contributed by atoms with E-state index in [0.29, 0.717) is 12.5 Å². The van der Waals surface area contributed by atoms with Crippen molar-refractivity contribution < 1.29 is 14.1 Å². The molecule has 148 valence electrons. The molecular weight excluding hydrogens is 366 g/mol. The maximum absolute atomic E-state index is 12.0. The van der Waals surface area contributed by atoms with Gasteiger partial charge in [-0.1, -0.05) is 0 Å². The zero-order chi connectivity index (χ0) is 19.8. The summed E-state index contributed by atoms with van der Waals surface area (Å²) in [6.45, 7) is 9.53. The number of likely N-dealkylation sites (tertiary alicyclic amines) is 1. The number of hydrogen-bond acceptors (Lipinski definition) is 6. The summed E-state index contributed by atoms with van der Waals surface area (Å²) >= 11 is 5.72. The number of nitrogens with zero attached hydrogens (tertiary/aromatic N) is 4. The van der Waals surface area contributed by atoms with E-state index in [1.165, 1.54) is 0 Å². The minimum atomic E-state index is -0.471. The topological polar surface area (TPSA) is 67.8 Å². The van der Waals surface area contributed by atoms with Gasteiger partial charge in [0.15, 0.2) is 0 Å². The first-order chi connectivity index (χ1) is 12.6. The second-order valence-electron chi connectivity index (χ2n) is 8.30. The Kier molecular flexibility index (Phi) is 5.70. The van der Waals surface area contributed by atoms with Crippen molar-refractivity contribution in [3.63, 3.8) is 0 Å². The van der Waals surface area contributed by atoms with Crippen molar-refractivity contribution in [3.8, 4) is 0 Å². The number of amides is 1. The average Bonchev–Trinajstić information content (AvgIpc) is 3.16. The lowest BCUT2D eigenvalue weighted by molar-refractivity contribution is -0.129. The highest BCUT2D eigenvalue weighted by molar-refractivity contribution is 6.61. The molecule has 0 radical (unpaired) electrons. The standard InChI is InChI=1S/C18H28BClN4O3/c1-17(2)18(3,4)27-19(26-17)13-10-21-16(22-11-13)23(5)12-14-7-6-8-24(14)15(25)9-20/h10-11,14H,6-9,12H2,1-5H3/t14-/m1/s1. The van der Waals surface area contributed by atoms with Gasteiger partial charge < -0.3 is 19.1 Å². The van der Waals surface area contributed by atoms with Gasteiger partial charge in [0.25, 0.3) is 0 Å². The van der Waals surface area contributed by atoms with Crippen molar-refractivity contribution in [2.75, 3.05) is 30.9 Å². The maximum Gasteiger partial charge on any atom is 0.498 e. The van der Waals surface area contributed by atoms with Gasteiger partial charge in [0.05, 0.1) is 11.2 Å². The van der Waals surface area contributed by atoms with E-state index in [0.717, 1.165) is 24.8 Å². The first kappa shape index (κ1) is 20.4. The summed E-state index contributed by atoms with van der Waals surface area (Å²) in [6.07, 6.45) is 5.47. The first-order valence-electron chi connectivity index (χ1n) is 9.39. The van der Waals surface area contributed by atoms with Crippen molar-refractivity contribution in [3.05, 3.63) is 12.4 Å². The van der Waals surface area contributed by atoms with Gasteiger partial charge >= 0.3 is 7.12 Å². The fourth-order valence-corrected chi connectivity index (χ4v) is 3.61. The summed E-state index contributed by atoms with van der Waals surface area (Å²) in [4.78, 5) is 24.7. The Labute approximate surface area is 166 Å². The van der Waals surface area contributed by atoms with Gasteiger partial charge in [0, 0.05) is 44.0 Å². The molecule has 2 aliphatic heterocycles. The van der Waals surface area contributed by atoms with Crippen LogP contribution in [0.25, 0.3) is 0 Å². The SMILES string of the molecule is CN(C[C@H]1CCCN1C(=O)CCl)c1ncc(B2OC(C)(C)C(C)(C)O2)cn1. The quantitative estimate of drug-likeness (QED) is 0.556. The molecule has 1 amide bonds. The van der Waals surface area contributed by atoms with Crippen LogP contribution in [-0.2, 0) is 14.1 Å². The molecular formula is C18H28BClN4O3. The van der Waals surface area contributed by atoms with E-state index >= 15 is 0 Å². The van der Waals surface area contributed by atoms with Crippen LogP contribution >= 0.6 is 11.6 Å². The molecule has 2 saturated heterocycles. The van der Waals surface area contributed by atoms with Gasteiger partial charge in [-0.25, -0.2) is 9.97 Å². The Morgan fingerprint density at radius 1 is 1.30 bits per heavy atom. The summed E-state index contributed by atoms with van der Waals surface area (Å²) < 4.78 is 12.1. The smallest absolute Gasteiger partial charge is 0.399 e. The molecule has 1 aromatic rings. The highest BCUT2D eigenvalue weighted by Gasteiger charge is 2.52. The maximum atomic E-state index is 12.0. The number of carbonyl (C=O) groups is 1. The van der Waals surface area contributed by atoms with E-state index in [-0.39, 0.29) is 17.8 Å². The third kappa shape index (κ3) is 4.07. The highest BCUT2D eigenvalue weighted by Crippen LogP contribution is 2.36. The number of carbonyl (C=O) groups excluding carboxylic acids is 1.